The molecule has 0 fully saturated rings. The Labute approximate surface area is 122 Å². The van der Waals surface area contributed by atoms with Crippen molar-refractivity contribution >= 4 is 23.0 Å². The Hall–Kier alpha value is -1.88. The van der Waals surface area contributed by atoms with Crippen molar-refractivity contribution < 1.29 is 9.53 Å². The van der Waals surface area contributed by atoms with Gasteiger partial charge in [-0.25, -0.2) is 9.78 Å². The van der Waals surface area contributed by atoms with Crippen LogP contribution >= 0.6 is 11.3 Å². The number of nitrogens with zero attached hydrogens (tertiary/aromatic N) is 1. The molecule has 4 nitrogen and oxygen atoms in total. The highest BCUT2D eigenvalue weighted by molar-refractivity contribution is 7.17. The van der Waals surface area contributed by atoms with E-state index < -0.39 is 0 Å². The van der Waals surface area contributed by atoms with Crippen molar-refractivity contribution in [1.29, 1.82) is 0 Å². The van der Waals surface area contributed by atoms with Crippen molar-refractivity contribution in [3.8, 4) is 10.6 Å². The highest BCUT2D eigenvalue weighted by Gasteiger charge is 2.27. The van der Waals surface area contributed by atoms with Crippen LogP contribution in [0.15, 0.2) is 24.3 Å². The number of carbonyl (C=O) groups is 1. The molecule has 2 rings (SSSR count). The zero-order valence-corrected chi connectivity index (χ0v) is 12.9. The first kappa shape index (κ1) is 14.5. The van der Waals surface area contributed by atoms with Crippen LogP contribution in [0.4, 0.5) is 5.69 Å². The van der Waals surface area contributed by atoms with Crippen molar-refractivity contribution in [2.75, 3.05) is 12.8 Å². The molecule has 0 saturated carbocycles. The summed E-state index contributed by atoms with van der Waals surface area (Å²) in [5.74, 6) is -0.339. The first-order valence-corrected chi connectivity index (χ1v) is 7.10. The van der Waals surface area contributed by atoms with Crippen molar-refractivity contribution in [2.45, 2.75) is 26.2 Å². The van der Waals surface area contributed by atoms with Crippen molar-refractivity contribution in [3.63, 3.8) is 0 Å². The summed E-state index contributed by atoms with van der Waals surface area (Å²) in [6.07, 6.45) is 0. The third-order valence-corrected chi connectivity index (χ3v) is 3.95. The van der Waals surface area contributed by atoms with Crippen LogP contribution in [-0.4, -0.2) is 18.1 Å². The number of hydrogen-bond acceptors (Lipinski definition) is 5. The van der Waals surface area contributed by atoms with Crippen LogP contribution < -0.4 is 5.73 Å². The smallest absolute Gasteiger partial charge is 0.350 e. The summed E-state index contributed by atoms with van der Waals surface area (Å²) in [6.45, 7) is 6.09. The predicted octanol–water partition coefficient (Wildman–Crippen LogP) is 3.48. The standard InChI is InChI=1S/C15H18N2O2S/c1-15(2,3)12-11(14(18)19-4)20-13(17-12)9-5-7-10(16)8-6-9/h5-8H,16H2,1-4H3. The van der Waals surface area contributed by atoms with Crippen LogP contribution in [0.1, 0.15) is 36.1 Å². The molecule has 1 aromatic heterocycles. The number of thiazole rings is 1. The molecule has 1 aromatic carbocycles. The topological polar surface area (TPSA) is 65.2 Å². The molecule has 106 valence electrons. The van der Waals surface area contributed by atoms with Gasteiger partial charge in [-0.1, -0.05) is 20.8 Å². The SMILES string of the molecule is COC(=O)c1sc(-c2ccc(N)cc2)nc1C(C)(C)C. The zero-order valence-electron chi connectivity index (χ0n) is 12.1. The molecule has 1 heterocycles. The third-order valence-electron chi connectivity index (χ3n) is 2.87. The number of nitrogens with two attached hydrogens (primary N) is 1. The number of esters is 1. The normalized spacial score (nSPS) is 11.4. The molecule has 2 N–H and O–H groups in total. The van der Waals surface area contributed by atoms with Gasteiger partial charge in [0.15, 0.2) is 0 Å². The summed E-state index contributed by atoms with van der Waals surface area (Å²) in [5.41, 5.74) is 7.89. The fourth-order valence-corrected chi connectivity index (χ4v) is 3.01. The molecule has 0 aliphatic rings. The van der Waals surface area contributed by atoms with Crippen LogP contribution in [0, 0.1) is 0 Å². The average molecular weight is 290 g/mol. The van der Waals surface area contributed by atoms with Gasteiger partial charge in [0.05, 0.1) is 12.8 Å². The first-order chi connectivity index (χ1) is 9.32. The minimum absolute atomic E-state index is 0.216. The summed E-state index contributed by atoms with van der Waals surface area (Å²) < 4.78 is 4.85. The van der Waals surface area contributed by atoms with E-state index in [4.69, 9.17) is 10.5 Å². The van der Waals surface area contributed by atoms with Crippen molar-refractivity contribution in [2.24, 2.45) is 0 Å². The number of carbonyl (C=O) groups excluding carboxylic acids is 1. The maximum absolute atomic E-state index is 11.9. The number of methoxy groups -OCH3 is 1. The van der Waals surface area contributed by atoms with Gasteiger partial charge >= 0.3 is 5.97 Å². The molecule has 5 heteroatoms. The number of aromatic nitrogens is 1. The monoisotopic (exact) mass is 290 g/mol. The molecule has 2 aromatic rings. The van der Waals surface area contributed by atoms with Crippen LogP contribution in [0.5, 0.6) is 0 Å². The van der Waals surface area contributed by atoms with E-state index in [1.165, 1.54) is 18.4 Å². The Morgan fingerprint density at radius 3 is 2.35 bits per heavy atom. The Bertz CT molecular complexity index is 624. The van der Waals surface area contributed by atoms with E-state index in [2.05, 4.69) is 4.98 Å². The minimum atomic E-state index is -0.339. The van der Waals surface area contributed by atoms with Gasteiger partial charge in [-0.15, -0.1) is 11.3 Å². The second kappa shape index (κ2) is 5.25. The highest BCUT2D eigenvalue weighted by atomic mass is 32.1. The summed E-state index contributed by atoms with van der Waals surface area (Å²) in [6, 6.07) is 7.46. The summed E-state index contributed by atoms with van der Waals surface area (Å²) in [5, 5.41) is 0.801. The Balaban J connectivity index is 2.54. The minimum Gasteiger partial charge on any atom is -0.465 e. The van der Waals surface area contributed by atoms with Gasteiger partial charge in [-0.2, -0.15) is 0 Å². The predicted molar refractivity (Wildman–Crippen MR) is 82.0 cm³/mol. The van der Waals surface area contributed by atoms with Gasteiger partial charge in [0.2, 0.25) is 0 Å². The maximum atomic E-state index is 11.9. The molecule has 0 bridgehead atoms. The van der Waals surface area contributed by atoms with Gasteiger partial charge in [-0.3, -0.25) is 0 Å². The molecular weight excluding hydrogens is 272 g/mol. The van der Waals surface area contributed by atoms with Gasteiger partial charge in [0.1, 0.15) is 9.88 Å². The number of anilines is 1. The fourth-order valence-electron chi connectivity index (χ4n) is 1.81. The fraction of sp³-hybridized carbons (Fsp3) is 0.333. The molecule has 0 spiro atoms. The van der Waals surface area contributed by atoms with Gasteiger partial charge in [0, 0.05) is 16.7 Å². The average Bonchev–Trinajstić information content (AvgIpc) is 2.83. The largest absolute Gasteiger partial charge is 0.465 e. The van der Waals surface area contributed by atoms with Crippen LogP contribution in [0.3, 0.4) is 0 Å². The van der Waals surface area contributed by atoms with E-state index in [0.29, 0.717) is 10.6 Å². The van der Waals surface area contributed by atoms with E-state index in [-0.39, 0.29) is 11.4 Å². The Kier molecular flexibility index (Phi) is 3.81. The lowest BCUT2D eigenvalue weighted by molar-refractivity contribution is 0.0603. The van der Waals surface area contributed by atoms with E-state index in [9.17, 15) is 4.79 Å². The maximum Gasteiger partial charge on any atom is 0.350 e. The molecule has 0 radical (unpaired) electrons. The van der Waals surface area contributed by atoms with Crippen LogP contribution in [-0.2, 0) is 10.2 Å². The first-order valence-electron chi connectivity index (χ1n) is 6.28. The quantitative estimate of drug-likeness (QED) is 0.679. The molecular formula is C15H18N2O2S. The van der Waals surface area contributed by atoms with Crippen molar-refractivity contribution in [3.05, 3.63) is 34.8 Å². The lowest BCUT2D eigenvalue weighted by Gasteiger charge is -2.16. The van der Waals surface area contributed by atoms with Crippen LogP contribution in [0.2, 0.25) is 0 Å². The van der Waals surface area contributed by atoms with E-state index in [1.54, 1.807) is 0 Å². The zero-order chi connectivity index (χ0) is 14.9. The second-order valence-electron chi connectivity index (χ2n) is 5.56. The molecule has 20 heavy (non-hydrogen) atoms. The summed E-state index contributed by atoms with van der Waals surface area (Å²) in [7, 11) is 1.39. The number of ether oxygens (including phenoxy) is 1. The molecule has 0 amide bonds. The second-order valence-corrected chi connectivity index (χ2v) is 6.56. The van der Waals surface area contributed by atoms with Gasteiger partial charge < -0.3 is 10.5 Å². The van der Waals surface area contributed by atoms with Crippen molar-refractivity contribution in [1.82, 2.24) is 4.98 Å². The van der Waals surface area contributed by atoms with E-state index >= 15 is 0 Å². The number of nitrogen functional groups attached to an aromatic ring is 1. The Morgan fingerprint density at radius 1 is 1.25 bits per heavy atom. The van der Waals surface area contributed by atoms with E-state index in [1.807, 2.05) is 45.0 Å². The summed E-state index contributed by atoms with van der Waals surface area (Å²) in [4.78, 5) is 17.1. The highest BCUT2D eigenvalue weighted by Crippen LogP contribution is 2.35. The lowest BCUT2D eigenvalue weighted by atomic mass is 9.91. The number of benzene rings is 1. The number of hydrogen-bond donors (Lipinski definition) is 1. The summed E-state index contributed by atoms with van der Waals surface area (Å²) >= 11 is 1.35. The van der Waals surface area contributed by atoms with Gasteiger partial charge in [-0.05, 0) is 24.3 Å². The molecule has 0 saturated heterocycles. The number of rotatable bonds is 2. The van der Waals surface area contributed by atoms with Gasteiger partial charge in [0.25, 0.3) is 0 Å². The Morgan fingerprint density at radius 2 is 1.85 bits per heavy atom. The molecule has 0 aliphatic carbocycles. The van der Waals surface area contributed by atoms with Crippen LogP contribution in [0.25, 0.3) is 10.6 Å². The molecule has 0 unspecified atom stereocenters. The lowest BCUT2D eigenvalue weighted by Crippen LogP contribution is -2.16. The molecule has 0 atom stereocenters. The third kappa shape index (κ3) is 2.82. The van der Waals surface area contributed by atoms with E-state index in [0.717, 1.165) is 16.3 Å². The molecule has 0 aliphatic heterocycles.